The summed E-state index contributed by atoms with van der Waals surface area (Å²) < 4.78 is 0. The second kappa shape index (κ2) is 4.07. The van der Waals surface area contributed by atoms with Gasteiger partial charge in [-0.25, -0.2) is 9.97 Å². The molecule has 3 aromatic rings. The van der Waals surface area contributed by atoms with E-state index >= 15 is 0 Å². The lowest BCUT2D eigenvalue weighted by molar-refractivity contribution is 1.19. The number of nitrogens with two attached hydrogens (primary N) is 1. The van der Waals surface area contributed by atoms with Crippen LogP contribution in [0, 0.1) is 6.92 Å². The van der Waals surface area contributed by atoms with Gasteiger partial charge in [-0.15, -0.1) is 0 Å². The number of pyridine rings is 1. The summed E-state index contributed by atoms with van der Waals surface area (Å²) in [4.78, 5) is 12.7. The van der Waals surface area contributed by atoms with Crippen LogP contribution in [0.2, 0.25) is 0 Å². The van der Waals surface area contributed by atoms with Crippen molar-refractivity contribution in [2.75, 3.05) is 5.73 Å². The van der Waals surface area contributed by atoms with Crippen LogP contribution in [-0.4, -0.2) is 15.0 Å². The van der Waals surface area contributed by atoms with Gasteiger partial charge in [0.05, 0.1) is 5.69 Å². The fourth-order valence-electron chi connectivity index (χ4n) is 2.02. The maximum absolute atomic E-state index is 5.75. The molecule has 0 aliphatic carbocycles. The minimum Gasteiger partial charge on any atom is -0.368 e. The van der Waals surface area contributed by atoms with Gasteiger partial charge in [-0.05, 0) is 24.6 Å². The summed E-state index contributed by atoms with van der Waals surface area (Å²) in [5.74, 6) is 0.249. The number of hydrogen-bond acceptors (Lipinski definition) is 4. The van der Waals surface area contributed by atoms with Gasteiger partial charge in [0.2, 0.25) is 5.95 Å². The Balaban J connectivity index is 2.39. The summed E-state index contributed by atoms with van der Waals surface area (Å²) in [5.41, 5.74) is 9.43. The van der Waals surface area contributed by atoms with E-state index in [2.05, 4.69) is 27.9 Å². The highest BCUT2D eigenvalue weighted by Gasteiger charge is 2.10. The first-order valence-electron chi connectivity index (χ1n) is 5.70. The van der Waals surface area contributed by atoms with Crippen LogP contribution < -0.4 is 5.73 Å². The van der Waals surface area contributed by atoms with Crippen LogP contribution in [0.4, 0.5) is 5.95 Å². The summed E-state index contributed by atoms with van der Waals surface area (Å²) in [6.07, 6.45) is 1.70. The van der Waals surface area contributed by atoms with Gasteiger partial charge in [0, 0.05) is 17.1 Å². The van der Waals surface area contributed by atoms with Gasteiger partial charge in [0.25, 0.3) is 0 Å². The van der Waals surface area contributed by atoms with E-state index in [4.69, 9.17) is 5.73 Å². The van der Waals surface area contributed by atoms with E-state index in [1.54, 1.807) is 6.20 Å². The van der Waals surface area contributed by atoms with Crippen LogP contribution in [0.5, 0.6) is 0 Å². The molecule has 0 radical (unpaired) electrons. The SMILES string of the molecule is Cc1ccccc1-c1nc(N)nc2ncccc12. The topological polar surface area (TPSA) is 64.7 Å². The molecule has 1 aromatic carbocycles. The lowest BCUT2D eigenvalue weighted by Gasteiger charge is -2.08. The first-order chi connectivity index (χ1) is 8.75. The molecule has 0 amide bonds. The molecule has 88 valence electrons. The van der Waals surface area contributed by atoms with Crippen LogP contribution >= 0.6 is 0 Å². The minimum absolute atomic E-state index is 0.249. The smallest absolute Gasteiger partial charge is 0.222 e. The van der Waals surface area contributed by atoms with Crippen molar-refractivity contribution >= 4 is 17.0 Å². The summed E-state index contributed by atoms with van der Waals surface area (Å²) in [6, 6.07) is 11.9. The third-order valence-corrected chi connectivity index (χ3v) is 2.89. The van der Waals surface area contributed by atoms with E-state index in [-0.39, 0.29) is 5.95 Å². The van der Waals surface area contributed by atoms with E-state index < -0.39 is 0 Å². The standard InChI is InChI=1S/C14H12N4/c1-9-5-2-3-6-10(9)12-11-7-4-8-16-13(11)18-14(15)17-12/h2-8H,1H3,(H2,15,16,17,18). The normalized spacial score (nSPS) is 10.7. The lowest BCUT2D eigenvalue weighted by Crippen LogP contribution is -1.99. The molecule has 0 bridgehead atoms. The maximum Gasteiger partial charge on any atom is 0.222 e. The molecule has 4 nitrogen and oxygen atoms in total. The van der Waals surface area contributed by atoms with Crippen molar-refractivity contribution in [3.05, 3.63) is 48.2 Å². The number of fused-ring (bicyclic) bond motifs is 1. The predicted octanol–water partition coefficient (Wildman–Crippen LogP) is 2.58. The Kier molecular flexibility index (Phi) is 2.41. The molecule has 0 unspecified atom stereocenters. The third kappa shape index (κ3) is 1.68. The average Bonchev–Trinajstić information content (AvgIpc) is 2.38. The van der Waals surface area contributed by atoms with Crippen molar-refractivity contribution in [2.24, 2.45) is 0 Å². The molecule has 3 rings (SSSR count). The fraction of sp³-hybridized carbons (Fsp3) is 0.0714. The minimum atomic E-state index is 0.249. The Labute approximate surface area is 105 Å². The van der Waals surface area contributed by atoms with E-state index in [1.165, 1.54) is 0 Å². The average molecular weight is 236 g/mol. The third-order valence-electron chi connectivity index (χ3n) is 2.89. The van der Waals surface area contributed by atoms with Gasteiger partial charge in [-0.1, -0.05) is 24.3 Å². The first kappa shape index (κ1) is 10.7. The van der Waals surface area contributed by atoms with Gasteiger partial charge in [-0.3, -0.25) is 0 Å². The zero-order valence-corrected chi connectivity index (χ0v) is 9.96. The highest BCUT2D eigenvalue weighted by molar-refractivity contribution is 5.91. The van der Waals surface area contributed by atoms with Crippen LogP contribution in [0.25, 0.3) is 22.3 Å². The second-order valence-corrected chi connectivity index (χ2v) is 4.12. The predicted molar refractivity (Wildman–Crippen MR) is 71.9 cm³/mol. The Hall–Kier alpha value is -2.49. The summed E-state index contributed by atoms with van der Waals surface area (Å²) in [6.45, 7) is 2.05. The monoisotopic (exact) mass is 236 g/mol. The molecule has 2 aromatic heterocycles. The molecule has 0 spiro atoms. The zero-order valence-electron chi connectivity index (χ0n) is 9.96. The van der Waals surface area contributed by atoms with Gasteiger partial charge in [0.1, 0.15) is 0 Å². The van der Waals surface area contributed by atoms with E-state index in [1.807, 2.05) is 30.3 Å². The van der Waals surface area contributed by atoms with Crippen LogP contribution in [0.1, 0.15) is 5.56 Å². The molecule has 18 heavy (non-hydrogen) atoms. The molecule has 0 saturated heterocycles. The highest BCUT2D eigenvalue weighted by Crippen LogP contribution is 2.27. The molecule has 4 heteroatoms. The summed E-state index contributed by atoms with van der Waals surface area (Å²) in [7, 11) is 0. The molecule has 0 atom stereocenters. The molecule has 0 fully saturated rings. The number of benzene rings is 1. The molecule has 0 aliphatic rings. The number of nitrogens with zero attached hydrogens (tertiary/aromatic N) is 3. The van der Waals surface area contributed by atoms with Gasteiger partial charge in [0.15, 0.2) is 5.65 Å². The molecule has 0 saturated carbocycles. The molecular weight excluding hydrogens is 224 g/mol. The zero-order chi connectivity index (χ0) is 12.5. The Morgan fingerprint density at radius 1 is 1.00 bits per heavy atom. The Morgan fingerprint density at radius 2 is 1.83 bits per heavy atom. The molecular formula is C14H12N4. The van der Waals surface area contributed by atoms with Crippen LogP contribution in [0.15, 0.2) is 42.6 Å². The number of anilines is 1. The number of aromatic nitrogens is 3. The Morgan fingerprint density at radius 3 is 2.67 bits per heavy atom. The van der Waals surface area contributed by atoms with Crippen molar-refractivity contribution in [3.63, 3.8) is 0 Å². The van der Waals surface area contributed by atoms with Gasteiger partial charge >= 0.3 is 0 Å². The van der Waals surface area contributed by atoms with Crippen molar-refractivity contribution in [2.45, 2.75) is 6.92 Å². The molecule has 2 N–H and O–H groups in total. The summed E-state index contributed by atoms with van der Waals surface area (Å²) >= 11 is 0. The Bertz CT molecular complexity index is 722. The summed E-state index contributed by atoms with van der Waals surface area (Å²) in [5, 5.41) is 0.918. The van der Waals surface area contributed by atoms with E-state index in [0.29, 0.717) is 5.65 Å². The van der Waals surface area contributed by atoms with Crippen LogP contribution in [-0.2, 0) is 0 Å². The number of hydrogen-bond donors (Lipinski definition) is 1. The van der Waals surface area contributed by atoms with Crippen LogP contribution in [0.3, 0.4) is 0 Å². The number of aryl methyl sites for hydroxylation is 1. The quantitative estimate of drug-likeness (QED) is 0.705. The van der Waals surface area contributed by atoms with Crippen molar-refractivity contribution in [3.8, 4) is 11.3 Å². The van der Waals surface area contributed by atoms with Gasteiger partial charge in [-0.2, -0.15) is 4.98 Å². The largest absolute Gasteiger partial charge is 0.368 e. The van der Waals surface area contributed by atoms with Crippen molar-refractivity contribution in [1.82, 2.24) is 15.0 Å². The van der Waals surface area contributed by atoms with Gasteiger partial charge < -0.3 is 5.73 Å². The van der Waals surface area contributed by atoms with E-state index in [0.717, 1.165) is 22.2 Å². The fourth-order valence-corrected chi connectivity index (χ4v) is 2.02. The lowest BCUT2D eigenvalue weighted by atomic mass is 10.0. The number of nitrogen functional groups attached to an aromatic ring is 1. The van der Waals surface area contributed by atoms with Crippen molar-refractivity contribution in [1.29, 1.82) is 0 Å². The maximum atomic E-state index is 5.75. The second-order valence-electron chi connectivity index (χ2n) is 4.12. The molecule has 0 aliphatic heterocycles. The molecule has 2 heterocycles. The highest BCUT2D eigenvalue weighted by atomic mass is 15.0. The van der Waals surface area contributed by atoms with E-state index in [9.17, 15) is 0 Å². The first-order valence-corrected chi connectivity index (χ1v) is 5.70. The van der Waals surface area contributed by atoms with Crippen molar-refractivity contribution < 1.29 is 0 Å². The number of rotatable bonds is 1.